The van der Waals surface area contributed by atoms with Crippen LogP contribution in [0.1, 0.15) is 72.2 Å². The molecule has 3 aliphatic heterocycles. The van der Waals surface area contributed by atoms with Crippen molar-refractivity contribution in [2.75, 3.05) is 43.7 Å². The first kappa shape index (κ1) is 33.8. The van der Waals surface area contributed by atoms with Crippen LogP contribution in [0.2, 0.25) is 0 Å². The Kier molecular flexibility index (Phi) is 11.0. The molecule has 3 amide bonds. The number of carboxylic acids is 1. The van der Waals surface area contributed by atoms with Gasteiger partial charge in [0.05, 0.1) is 36.7 Å². The van der Waals surface area contributed by atoms with Gasteiger partial charge in [0.2, 0.25) is 5.91 Å². The van der Waals surface area contributed by atoms with E-state index in [1.165, 1.54) is 34.9 Å². The van der Waals surface area contributed by atoms with Crippen LogP contribution in [0.15, 0.2) is 37.1 Å². The number of nitrogens with one attached hydrogen (secondary N) is 1. The number of aryl methyl sites for hydroxylation is 1. The van der Waals surface area contributed by atoms with Crippen molar-refractivity contribution in [1.82, 2.24) is 9.47 Å². The van der Waals surface area contributed by atoms with Crippen molar-refractivity contribution in [3.05, 3.63) is 48.3 Å². The number of anilines is 2. The number of methoxy groups -OCH3 is 1. The summed E-state index contributed by atoms with van der Waals surface area (Å²) in [6, 6.07) is 4.09. The third kappa shape index (κ3) is 7.71. The normalized spacial score (nSPS) is 20.8. The minimum absolute atomic E-state index is 0.0399. The van der Waals surface area contributed by atoms with E-state index < -0.39 is 30.6 Å². The quantitative estimate of drug-likeness (QED) is 0.246. The van der Waals surface area contributed by atoms with E-state index in [-0.39, 0.29) is 59.9 Å². The molecule has 1 aromatic carbocycles. The molecule has 2 saturated heterocycles. The number of benzene rings is 1. The molecule has 0 radical (unpaired) electrons. The molecular weight excluding hydrogens is 612 g/mol. The highest BCUT2D eigenvalue weighted by atomic mass is 16.7. The van der Waals surface area contributed by atoms with E-state index in [4.69, 9.17) is 23.7 Å². The molecule has 5 rings (SSSR count). The van der Waals surface area contributed by atoms with Crippen LogP contribution in [-0.2, 0) is 26.1 Å². The molecule has 3 unspecified atom stereocenters. The van der Waals surface area contributed by atoms with Gasteiger partial charge in [0.15, 0.2) is 24.0 Å². The second kappa shape index (κ2) is 15.4. The van der Waals surface area contributed by atoms with Gasteiger partial charge in [0.25, 0.3) is 5.91 Å². The van der Waals surface area contributed by atoms with Gasteiger partial charge in [-0.25, -0.2) is 14.5 Å². The van der Waals surface area contributed by atoms with Crippen LogP contribution in [0.25, 0.3) is 0 Å². The zero-order chi connectivity index (χ0) is 33.5. The Balaban J connectivity index is 1.39. The fourth-order valence-electron chi connectivity index (χ4n) is 6.17. The standard InChI is InChI=1S/C33H42N4O10/c1-4-14-46-33(42)37-24-19-27(44-16-9-11-28(38)34-21-17-25(32(40)41)35(2)20-21)26(43-3)18-22(24)30(39)36-13-7-5-10-23(36)31(37)47-29-12-6-8-15-45-29/h4,17-20,23,29,31H,1,5-16H2,2-3H3,(H,34,38)(H,40,41). The smallest absolute Gasteiger partial charge is 0.416 e. The lowest BCUT2D eigenvalue weighted by molar-refractivity contribution is -0.198. The summed E-state index contributed by atoms with van der Waals surface area (Å²) in [5, 5.41) is 11.9. The lowest BCUT2D eigenvalue weighted by atomic mass is 10.00. The van der Waals surface area contributed by atoms with Gasteiger partial charge in [0.1, 0.15) is 12.3 Å². The van der Waals surface area contributed by atoms with Gasteiger partial charge in [-0.2, -0.15) is 0 Å². The van der Waals surface area contributed by atoms with Crippen LogP contribution in [0, 0.1) is 0 Å². The number of hydrogen-bond acceptors (Lipinski definition) is 9. The van der Waals surface area contributed by atoms with Gasteiger partial charge in [-0.05, 0) is 57.1 Å². The Morgan fingerprint density at radius 3 is 2.64 bits per heavy atom. The van der Waals surface area contributed by atoms with Gasteiger partial charge >= 0.3 is 12.1 Å². The largest absolute Gasteiger partial charge is 0.493 e. The zero-order valence-electron chi connectivity index (χ0n) is 26.8. The molecule has 14 nitrogen and oxygen atoms in total. The maximum atomic E-state index is 14.1. The predicted octanol–water partition coefficient (Wildman–Crippen LogP) is 4.54. The first-order chi connectivity index (χ1) is 22.7. The van der Waals surface area contributed by atoms with Gasteiger partial charge in [-0.1, -0.05) is 12.7 Å². The number of rotatable bonds is 12. The number of aromatic nitrogens is 1. The van der Waals surface area contributed by atoms with Crippen LogP contribution in [0.5, 0.6) is 11.5 Å². The minimum Gasteiger partial charge on any atom is -0.493 e. The van der Waals surface area contributed by atoms with Gasteiger partial charge in [-0.3, -0.25) is 9.59 Å². The lowest BCUT2D eigenvalue weighted by Gasteiger charge is -2.42. The SMILES string of the molecule is C=CCOC(=O)N1c2cc(OCCCC(=O)Nc3cc(C(=O)O)n(C)c3)c(OC)cc2C(=O)N2CCCCC2C1OC1CCCCO1. The Labute approximate surface area is 273 Å². The summed E-state index contributed by atoms with van der Waals surface area (Å²) in [7, 11) is 3.04. The second-order valence-electron chi connectivity index (χ2n) is 11.7. The summed E-state index contributed by atoms with van der Waals surface area (Å²) in [4.78, 5) is 54.9. The fraction of sp³-hybridized carbons (Fsp3) is 0.515. The molecule has 14 heteroatoms. The number of carboxylic acid groups (broad SMARTS) is 1. The number of carbonyl (C=O) groups is 4. The van der Waals surface area contributed by atoms with E-state index in [0.717, 1.165) is 25.7 Å². The zero-order valence-corrected chi connectivity index (χ0v) is 26.8. The molecule has 2 N–H and O–H groups in total. The minimum atomic E-state index is -1.10. The summed E-state index contributed by atoms with van der Waals surface area (Å²) >= 11 is 0. The molecule has 0 aliphatic carbocycles. The molecule has 3 aliphatic rings. The van der Waals surface area contributed by atoms with Crippen LogP contribution in [-0.4, -0.2) is 90.5 Å². The first-order valence-electron chi connectivity index (χ1n) is 15.9. The fourth-order valence-corrected chi connectivity index (χ4v) is 6.17. The van der Waals surface area contributed by atoms with Crippen molar-refractivity contribution >= 4 is 35.3 Å². The molecule has 47 heavy (non-hydrogen) atoms. The molecule has 3 atom stereocenters. The van der Waals surface area contributed by atoms with E-state index in [1.807, 2.05) is 0 Å². The van der Waals surface area contributed by atoms with Crippen LogP contribution in [0.4, 0.5) is 16.2 Å². The molecule has 4 heterocycles. The average Bonchev–Trinajstić information content (AvgIpc) is 3.41. The molecule has 254 valence electrons. The van der Waals surface area contributed by atoms with Crippen LogP contribution in [0.3, 0.4) is 0 Å². The van der Waals surface area contributed by atoms with E-state index in [2.05, 4.69) is 11.9 Å². The Bertz CT molecular complexity index is 1480. The Morgan fingerprint density at radius 2 is 1.94 bits per heavy atom. The van der Waals surface area contributed by atoms with Crippen molar-refractivity contribution in [3.8, 4) is 11.5 Å². The highest BCUT2D eigenvalue weighted by Gasteiger charge is 2.46. The number of amides is 3. The van der Waals surface area contributed by atoms with Gasteiger partial charge < -0.3 is 43.6 Å². The molecule has 2 fully saturated rings. The number of aromatic carboxylic acids is 1. The summed E-state index contributed by atoms with van der Waals surface area (Å²) in [5.41, 5.74) is 0.930. The van der Waals surface area contributed by atoms with Crippen molar-refractivity contribution in [1.29, 1.82) is 0 Å². The number of hydrogen-bond donors (Lipinski definition) is 2. The molecule has 0 saturated carbocycles. The van der Waals surface area contributed by atoms with Crippen molar-refractivity contribution in [3.63, 3.8) is 0 Å². The van der Waals surface area contributed by atoms with E-state index in [0.29, 0.717) is 38.1 Å². The molecule has 2 aromatic rings. The number of fused-ring (bicyclic) bond motifs is 2. The highest BCUT2D eigenvalue weighted by Crippen LogP contribution is 2.42. The van der Waals surface area contributed by atoms with E-state index in [1.54, 1.807) is 24.1 Å². The number of carbonyl (C=O) groups excluding carboxylic acids is 3. The topological polar surface area (TPSA) is 158 Å². The molecule has 0 spiro atoms. The maximum Gasteiger partial charge on any atom is 0.416 e. The highest BCUT2D eigenvalue weighted by molar-refractivity contribution is 6.06. The van der Waals surface area contributed by atoms with E-state index in [9.17, 15) is 24.3 Å². The van der Waals surface area contributed by atoms with Crippen LogP contribution < -0.4 is 19.7 Å². The molecular formula is C33H42N4O10. The summed E-state index contributed by atoms with van der Waals surface area (Å²) in [6.45, 7) is 4.78. The predicted molar refractivity (Wildman–Crippen MR) is 170 cm³/mol. The van der Waals surface area contributed by atoms with Crippen molar-refractivity contribution < 1.29 is 48.0 Å². The third-order valence-corrected chi connectivity index (χ3v) is 8.43. The number of nitrogens with zero attached hydrogens (tertiary/aromatic N) is 3. The Hall–Kier alpha value is -4.56. The summed E-state index contributed by atoms with van der Waals surface area (Å²) < 4.78 is 31.1. The summed E-state index contributed by atoms with van der Waals surface area (Å²) in [6.07, 6.45) is 6.09. The van der Waals surface area contributed by atoms with Gasteiger partial charge in [-0.15, -0.1) is 0 Å². The van der Waals surface area contributed by atoms with Crippen molar-refractivity contribution in [2.45, 2.75) is 69.9 Å². The maximum absolute atomic E-state index is 14.1. The van der Waals surface area contributed by atoms with E-state index >= 15 is 0 Å². The first-order valence-corrected chi connectivity index (χ1v) is 15.9. The Morgan fingerprint density at radius 1 is 1.13 bits per heavy atom. The number of piperidine rings is 1. The second-order valence-corrected chi connectivity index (χ2v) is 11.7. The molecule has 1 aromatic heterocycles. The number of ether oxygens (including phenoxy) is 5. The van der Waals surface area contributed by atoms with Crippen LogP contribution >= 0.6 is 0 Å². The van der Waals surface area contributed by atoms with Gasteiger partial charge in [0, 0.05) is 38.9 Å². The average molecular weight is 655 g/mol. The third-order valence-electron chi connectivity index (χ3n) is 8.43. The lowest BCUT2D eigenvalue weighted by Crippen LogP contribution is -2.57. The molecule has 0 bridgehead atoms. The monoisotopic (exact) mass is 654 g/mol. The summed E-state index contributed by atoms with van der Waals surface area (Å²) in [5.74, 6) is -1.11. The van der Waals surface area contributed by atoms with Crippen molar-refractivity contribution in [2.24, 2.45) is 7.05 Å².